The molecule has 24 heavy (non-hydrogen) atoms. The molecule has 0 aliphatic heterocycles. The quantitative estimate of drug-likeness (QED) is 0.862. The Kier molecular flexibility index (Phi) is 6.36. The van der Waals surface area contributed by atoms with E-state index in [1.807, 2.05) is 36.4 Å². The van der Waals surface area contributed by atoms with Gasteiger partial charge in [0.1, 0.15) is 6.07 Å². The van der Waals surface area contributed by atoms with Crippen molar-refractivity contribution in [3.63, 3.8) is 0 Å². The highest BCUT2D eigenvalue weighted by Crippen LogP contribution is 2.20. The minimum Gasteiger partial charge on any atom is -0.325 e. The Morgan fingerprint density at radius 1 is 1.25 bits per heavy atom. The van der Waals surface area contributed by atoms with Crippen LogP contribution in [0.5, 0.6) is 0 Å². The van der Waals surface area contributed by atoms with Crippen molar-refractivity contribution >= 4 is 23.2 Å². The van der Waals surface area contributed by atoms with E-state index in [4.69, 9.17) is 16.9 Å². The number of nitrogens with zero attached hydrogens (tertiary/aromatic N) is 2. The molecule has 0 spiro atoms. The number of amides is 1. The number of nitrogens with one attached hydrogen (secondary N) is 1. The number of hydrogen-bond acceptors (Lipinski definition) is 3. The molecule has 2 rings (SSSR count). The van der Waals surface area contributed by atoms with Gasteiger partial charge in [0, 0.05) is 18.3 Å². The number of nitriles is 1. The minimum atomic E-state index is -0.111. The van der Waals surface area contributed by atoms with Crippen LogP contribution in [0.1, 0.15) is 25.0 Å². The molecular formula is C19H20ClN3O. The fourth-order valence-corrected chi connectivity index (χ4v) is 2.53. The third-order valence-corrected chi connectivity index (χ3v) is 3.99. The van der Waals surface area contributed by atoms with E-state index in [0.29, 0.717) is 22.8 Å². The zero-order chi connectivity index (χ0) is 17.5. The molecule has 1 amide bonds. The first-order chi connectivity index (χ1) is 11.5. The molecule has 0 radical (unpaired) electrons. The molecule has 0 saturated carbocycles. The van der Waals surface area contributed by atoms with Gasteiger partial charge < -0.3 is 5.32 Å². The van der Waals surface area contributed by atoms with Gasteiger partial charge in [-0.05, 0) is 37.6 Å². The molecule has 4 nitrogen and oxygen atoms in total. The summed E-state index contributed by atoms with van der Waals surface area (Å²) in [6, 6.07) is 17.2. The number of rotatable bonds is 6. The molecule has 0 heterocycles. The first-order valence-electron chi connectivity index (χ1n) is 7.77. The standard InChI is InChI=1S/C19H20ClN3O/c1-14(2)23(12-15-6-4-3-5-7-15)13-19(24)22-17-9-8-16(11-21)18(20)10-17/h3-10,14H,12-13H2,1-2H3,(H,22,24). The molecular weight excluding hydrogens is 322 g/mol. The van der Waals surface area contributed by atoms with Crippen molar-refractivity contribution in [1.29, 1.82) is 5.26 Å². The van der Waals surface area contributed by atoms with Gasteiger partial charge in [0.25, 0.3) is 0 Å². The van der Waals surface area contributed by atoms with Gasteiger partial charge in [0.2, 0.25) is 5.91 Å². The molecule has 0 bridgehead atoms. The van der Waals surface area contributed by atoms with Gasteiger partial charge in [-0.15, -0.1) is 0 Å². The van der Waals surface area contributed by atoms with Gasteiger partial charge >= 0.3 is 0 Å². The lowest BCUT2D eigenvalue weighted by atomic mass is 10.2. The minimum absolute atomic E-state index is 0.111. The Bertz CT molecular complexity index is 738. The third-order valence-electron chi connectivity index (χ3n) is 3.68. The number of benzene rings is 2. The van der Waals surface area contributed by atoms with Crippen LogP contribution in [0.3, 0.4) is 0 Å². The van der Waals surface area contributed by atoms with E-state index in [1.165, 1.54) is 5.56 Å². The van der Waals surface area contributed by atoms with E-state index < -0.39 is 0 Å². The van der Waals surface area contributed by atoms with Crippen molar-refractivity contribution in [3.05, 3.63) is 64.7 Å². The summed E-state index contributed by atoms with van der Waals surface area (Å²) in [6.07, 6.45) is 0. The lowest BCUT2D eigenvalue weighted by Gasteiger charge is -2.26. The molecule has 0 fully saturated rings. The van der Waals surface area contributed by atoms with E-state index in [0.717, 1.165) is 0 Å². The molecule has 0 aliphatic carbocycles. The van der Waals surface area contributed by atoms with Gasteiger partial charge in [0.15, 0.2) is 0 Å². The van der Waals surface area contributed by atoms with Crippen molar-refractivity contribution in [1.82, 2.24) is 4.90 Å². The van der Waals surface area contributed by atoms with Crippen molar-refractivity contribution < 1.29 is 4.79 Å². The summed E-state index contributed by atoms with van der Waals surface area (Å²) in [7, 11) is 0. The van der Waals surface area contributed by atoms with Crippen molar-refractivity contribution in [2.45, 2.75) is 26.4 Å². The van der Waals surface area contributed by atoms with Gasteiger partial charge in [-0.25, -0.2) is 0 Å². The summed E-state index contributed by atoms with van der Waals surface area (Å²) in [4.78, 5) is 14.4. The average Bonchev–Trinajstić information content (AvgIpc) is 2.55. The summed E-state index contributed by atoms with van der Waals surface area (Å²) < 4.78 is 0. The second-order valence-corrected chi connectivity index (χ2v) is 6.25. The molecule has 0 aliphatic rings. The van der Waals surface area contributed by atoms with Crippen LogP contribution in [0.4, 0.5) is 5.69 Å². The Hall–Kier alpha value is -2.35. The predicted octanol–water partition coefficient (Wildman–Crippen LogP) is 4.06. The van der Waals surface area contributed by atoms with Crippen LogP contribution in [0.25, 0.3) is 0 Å². The van der Waals surface area contributed by atoms with Crippen LogP contribution < -0.4 is 5.32 Å². The highest BCUT2D eigenvalue weighted by atomic mass is 35.5. The fourth-order valence-electron chi connectivity index (χ4n) is 2.31. The number of carbonyl (C=O) groups is 1. The second kappa shape index (κ2) is 8.49. The van der Waals surface area contributed by atoms with Crippen LogP contribution in [-0.2, 0) is 11.3 Å². The van der Waals surface area contributed by atoms with Crippen LogP contribution in [0.15, 0.2) is 48.5 Å². The largest absolute Gasteiger partial charge is 0.325 e. The SMILES string of the molecule is CC(C)N(CC(=O)Nc1ccc(C#N)c(Cl)c1)Cc1ccccc1. The van der Waals surface area contributed by atoms with Gasteiger partial charge in [-0.3, -0.25) is 9.69 Å². The van der Waals surface area contributed by atoms with Crippen molar-refractivity contribution in [2.24, 2.45) is 0 Å². The maximum absolute atomic E-state index is 12.3. The maximum atomic E-state index is 12.3. The van der Waals surface area contributed by atoms with E-state index in [-0.39, 0.29) is 18.5 Å². The first-order valence-corrected chi connectivity index (χ1v) is 8.15. The van der Waals surface area contributed by atoms with Gasteiger partial charge in [0.05, 0.1) is 17.1 Å². The number of halogens is 1. The third kappa shape index (κ3) is 5.09. The summed E-state index contributed by atoms with van der Waals surface area (Å²) in [5, 5.41) is 12.0. The predicted molar refractivity (Wildman–Crippen MR) is 96.8 cm³/mol. The number of hydrogen-bond donors (Lipinski definition) is 1. The Morgan fingerprint density at radius 3 is 2.54 bits per heavy atom. The summed E-state index contributed by atoms with van der Waals surface area (Å²) >= 11 is 5.99. The highest BCUT2D eigenvalue weighted by molar-refractivity contribution is 6.32. The van der Waals surface area contributed by atoms with Gasteiger partial charge in [-0.1, -0.05) is 41.9 Å². The lowest BCUT2D eigenvalue weighted by molar-refractivity contribution is -0.117. The second-order valence-electron chi connectivity index (χ2n) is 5.84. The number of carbonyl (C=O) groups excluding carboxylic acids is 1. The topological polar surface area (TPSA) is 56.1 Å². The molecule has 1 N–H and O–H groups in total. The van der Waals surface area contributed by atoms with E-state index in [9.17, 15) is 4.79 Å². The van der Waals surface area contributed by atoms with E-state index in [2.05, 4.69) is 24.1 Å². The average molecular weight is 342 g/mol. The molecule has 2 aromatic rings. The molecule has 5 heteroatoms. The molecule has 0 atom stereocenters. The van der Waals surface area contributed by atoms with Crippen molar-refractivity contribution in [2.75, 3.05) is 11.9 Å². The van der Waals surface area contributed by atoms with E-state index >= 15 is 0 Å². The molecule has 0 aromatic heterocycles. The Balaban J connectivity index is 2.00. The zero-order valence-electron chi connectivity index (χ0n) is 13.8. The van der Waals surface area contributed by atoms with Crippen LogP contribution in [0.2, 0.25) is 5.02 Å². The monoisotopic (exact) mass is 341 g/mol. The smallest absolute Gasteiger partial charge is 0.238 e. The fraction of sp³-hybridized carbons (Fsp3) is 0.263. The van der Waals surface area contributed by atoms with Gasteiger partial charge in [-0.2, -0.15) is 5.26 Å². The normalized spacial score (nSPS) is 10.7. The number of anilines is 1. The highest BCUT2D eigenvalue weighted by Gasteiger charge is 2.15. The van der Waals surface area contributed by atoms with Crippen LogP contribution in [-0.4, -0.2) is 23.4 Å². The maximum Gasteiger partial charge on any atom is 0.238 e. The first kappa shape index (κ1) is 18.0. The van der Waals surface area contributed by atoms with E-state index in [1.54, 1.807) is 18.2 Å². The summed E-state index contributed by atoms with van der Waals surface area (Å²) in [6.45, 7) is 5.12. The Morgan fingerprint density at radius 2 is 1.96 bits per heavy atom. The van der Waals surface area contributed by atoms with Crippen molar-refractivity contribution in [3.8, 4) is 6.07 Å². The lowest BCUT2D eigenvalue weighted by Crippen LogP contribution is -2.37. The zero-order valence-corrected chi connectivity index (χ0v) is 14.5. The molecule has 2 aromatic carbocycles. The Labute approximate surface area is 147 Å². The van der Waals surface area contributed by atoms with Crippen LogP contribution >= 0.6 is 11.6 Å². The summed E-state index contributed by atoms with van der Waals surface area (Å²) in [5.41, 5.74) is 2.15. The molecule has 0 unspecified atom stereocenters. The molecule has 124 valence electrons. The summed E-state index contributed by atoms with van der Waals surface area (Å²) in [5.74, 6) is -0.111. The molecule has 0 saturated heterocycles. The van der Waals surface area contributed by atoms with Crippen LogP contribution in [0, 0.1) is 11.3 Å².